The van der Waals surface area contributed by atoms with E-state index >= 15 is 0 Å². The highest BCUT2D eigenvalue weighted by Crippen LogP contribution is 2.45. The molecule has 21 heavy (non-hydrogen) atoms. The number of hydrogen-bond donors (Lipinski definition) is 1. The molecule has 0 amide bonds. The van der Waals surface area contributed by atoms with Gasteiger partial charge in [-0.2, -0.15) is 0 Å². The molecule has 116 valence electrons. The van der Waals surface area contributed by atoms with Crippen molar-refractivity contribution in [2.75, 3.05) is 30.3 Å². The molecule has 2 aliphatic rings. The number of piperidine rings is 1. The Morgan fingerprint density at radius 2 is 1.76 bits per heavy atom. The van der Waals surface area contributed by atoms with Crippen molar-refractivity contribution in [3.05, 3.63) is 18.2 Å². The van der Waals surface area contributed by atoms with Crippen molar-refractivity contribution in [1.29, 1.82) is 0 Å². The molecule has 3 heteroatoms. The molecule has 0 unspecified atom stereocenters. The number of nitrogen functional groups attached to an aromatic ring is 1. The molecule has 0 radical (unpaired) electrons. The molecule has 1 aromatic carbocycles. The van der Waals surface area contributed by atoms with E-state index in [0.717, 1.165) is 24.5 Å². The van der Waals surface area contributed by atoms with E-state index in [2.05, 4.69) is 17.0 Å². The summed E-state index contributed by atoms with van der Waals surface area (Å²) < 4.78 is 5.62. The fraction of sp³-hybridized carbons (Fsp3) is 0.667. The summed E-state index contributed by atoms with van der Waals surface area (Å²) in [5, 5.41) is 0. The summed E-state index contributed by atoms with van der Waals surface area (Å²) in [5.74, 6) is 0.894. The Kier molecular flexibility index (Phi) is 4.27. The number of anilines is 2. The molecule has 3 rings (SSSR count). The van der Waals surface area contributed by atoms with E-state index in [1.165, 1.54) is 50.6 Å². The van der Waals surface area contributed by atoms with Crippen LogP contribution in [-0.2, 0) is 0 Å². The molecule has 1 saturated heterocycles. The molecule has 2 N–H and O–H groups in total. The normalized spacial score (nSPS) is 21.5. The second-order valence-electron chi connectivity index (χ2n) is 6.74. The predicted molar refractivity (Wildman–Crippen MR) is 89.0 cm³/mol. The smallest absolute Gasteiger partial charge is 0.123 e. The lowest BCUT2D eigenvalue weighted by Gasteiger charge is -2.45. The Labute approximate surface area is 128 Å². The van der Waals surface area contributed by atoms with Crippen molar-refractivity contribution >= 4 is 11.4 Å². The highest BCUT2D eigenvalue weighted by atomic mass is 16.5. The zero-order chi connectivity index (χ0) is 14.7. The van der Waals surface area contributed by atoms with E-state index in [1.54, 1.807) is 0 Å². The Balaban J connectivity index is 1.68. The minimum atomic E-state index is 0.651. The highest BCUT2D eigenvalue weighted by molar-refractivity contribution is 5.60. The van der Waals surface area contributed by atoms with E-state index < -0.39 is 0 Å². The molecular formula is C18H28N2O. The first-order chi connectivity index (χ1) is 10.2. The minimum Gasteiger partial charge on any atom is -0.494 e. The van der Waals surface area contributed by atoms with Crippen LogP contribution in [0, 0.1) is 5.41 Å². The summed E-state index contributed by atoms with van der Waals surface area (Å²) in [6, 6.07) is 6.14. The van der Waals surface area contributed by atoms with Gasteiger partial charge in [-0.1, -0.05) is 19.3 Å². The zero-order valence-electron chi connectivity index (χ0n) is 13.2. The van der Waals surface area contributed by atoms with Crippen LogP contribution in [0.3, 0.4) is 0 Å². The van der Waals surface area contributed by atoms with Gasteiger partial charge < -0.3 is 15.4 Å². The third-order valence-corrected chi connectivity index (χ3v) is 5.33. The molecule has 1 spiro atoms. The van der Waals surface area contributed by atoms with Crippen LogP contribution in [0.25, 0.3) is 0 Å². The maximum Gasteiger partial charge on any atom is 0.123 e. The second kappa shape index (κ2) is 6.17. The van der Waals surface area contributed by atoms with Crippen LogP contribution in [0.4, 0.5) is 11.4 Å². The van der Waals surface area contributed by atoms with Gasteiger partial charge in [-0.25, -0.2) is 0 Å². The first-order valence-electron chi connectivity index (χ1n) is 8.49. The molecule has 1 aliphatic heterocycles. The van der Waals surface area contributed by atoms with Crippen molar-refractivity contribution < 1.29 is 4.74 Å². The molecule has 0 bridgehead atoms. The minimum absolute atomic E-state index is 0.651. The first kappa shape index (κ1) is 14.6. The second-order valence-corrected chi connectivity index (χ2v) is 6.74. The summed E-state index contributed by atoms with van der Waals surface area (Å²) >= 11 is 0. The first-order valence-corrected chi connectivity index (χ1v) is 8.49. The van der Waals surface area contributed by atoms with Crippen LogP contribution >= 0.6 is 0 Å². The van der Waals surface area contributed by atoms with Crippen molar-refractivity contribution in [1.82, 2.24) is 0 Å². The Morgan fingerprint density at radius 3 is 2.43 bits per heavy atom. The standard InChI is InChI=1S/C18H28N2O/c1-2-21-17-13-15(19)12-16(14-17)20-10-8-18(9-11-20)6-4-3-5-7-18/h12-14H,2-11,19H2,1H3. The van der Waals surface area contributed by atoms with Crippen LogP contribution < -0.4 is 15.4 Å². The number of ether oxygens (including phenoxy) is 1. The zero-order valence-corrected chi connectivity index (χ0v) is 13.2. The number of nitrogens with two attached hydrogens (primary N) is 1. The number of hydrogen-bond acceptors (Lipinski definition) is 3. The number of benzene rings is 1. The summed E-state index contributed by atoms with van der Waals surface area (Å²) in [6.45, 7) is 5.02. The van der Waals surface area contributed by atoms with Crippen molar-refractivity contribution in [2.45, 2.75) is 51.9 Å². The van der Waals surface area contributed by atoms with Crippen LogP contribution in [0.2, 0.25) is 0 Å². The van der Waals surface area contributed by atoms with Crippen molar-refractivity contribution in [3.63, 3.8) is 0 Å². The monoisotopic (exact) mass is 288 g/mol. The van der Waals surface area contributed by atoms with Gasteiger partial charge in [0, 0.05) is 36.6 Å². The lowest BCUT2D eigenvalue weighted by molar-refractivity contribution is 0.144. The Hall–Kier alpha value is -1.38. The third kappa shape index (κ3) is 3.28. The van der Waals surface area contributed by atoms with E-state index in [0.29, 0.717) is 12.0 Å². The lowest BCUT2D eigenvalue weighted by Crippen LogP contribution is -2.41. The molecule has 0 aromatic heterocycles. The molecule has 1 saturated carbocycles. The fourth-order valence-electron chi connectivity index (χ4n) is 4.08. The summed E-state index contributed by atoms with van der Waals surface area (Å²) in [5.41, 5.74) is 8.70. The van der Waals surface area contributed by atoms with Crippen molar-refractivity contribution in [3.8, 4) is 5.75 Å². The van der Waals surface area contributed by atoms with Gasteiger partial charge in [0.25, 0.3) is 0 Å². The topological polar surface area (TPSA) is 38.5 Å². The molecule has 1 heterocycles. The van der Waals surface area contributed by atoms with Crippen LogP contribution in [0.15, 0.2) is 18.2 Å². The SMILES string of the molecule is CCOc1cc(N)cc(N2CCC3(CCCCC3)CC2)c1. The molecule has 1 aromatic rings. The van der Waals surface area contributed by atoms with Gasteiger partial charge >= 0.3 is 0 Å². The van der Waals surface area contributed by atoms with Gasteiger partial charge in [-0.15, -0.1) is 0 Å². The maximum atomic E-state index is 6.03. The molecule has 2 fully saturated rings. The quantitative estimate of drug-likeness (QED) is 0.846. The molecule has 0 atom stereocenters. The Morgan fingerprint density at radius 1 is 1.05 bits per heavy atom. The summed E-state index contributed by atoms with van der Waals surface area (Å²) in [7, 11) is 0. The molecule has 3 nitrogen and oxygen atoms in total. The molecule has 1 aliphatic carbocycles. The molecular weight excluding hydrogens is 260 g/mol. The highest BCUT2D eigenvalue weighted by Gasteiger charge is 2.35. The van der Waals surface area contributed by atoms with Crippen LogP contribution in [-0.4, -0.2) is 19.7 Å². The van der Waals surface area contributed by atoms with E-state index in [9.17, 15) is 0 Å². The van der Waals surface area contributed by atoms with Gasteiger partial charge in [0.2, 0.25) is 0 Å². The summed E-state index contributed by atoms with van der Waals surface area (Å²) in [6.07, 6.45) is 9.89. The van der Waals surface area contributed by atoms with Crippen LogP contribution in [0.5, 0.6) is 5.75 Å². The summed E-state index contributed by atoms with van der Waals surface area (Å²) in [4.78, 5) is 2.48. The van der Waals surface area contributed by atoms with E-state index in [-0.39, 0.29) is 0 Å². The lowest BCUT2D eigenvalue weighted by atomic mass is 9.68. The van der Waals surface area contributed by atoms with Gasteiger partial charge in [0.1, 0.15) is 5.75 Å². The van der Waals surface area contributed by atoms with Crippen molar-refractivity contribution in [2.24, 2.45) is 5.41 Å². The fourth-order valence-corrected chi connectivity index (χ4v) is 4.08. The predicted octanol–water partition coefficient (Wildman–Crippen LogP) is 4.22. The van der Waals surface area contributed by atoms with Gasteiger partial charge in [0.05, 0.1) is 6.61 Å². The number of nitrogens with zero attached hydrogens (tertiary/aromatic N) is 1. The van der Waals surface area contributed by atoms with Gasteiger partial charge in [-0.05, 0) is 44.1 Å². The van der Waals surface area contributed by atoms with Gasteiger partial charge in [-0.3, -0.25) is 0 Å². The maximum absolute atomic E-state index is 6.03. The van der Waals surface area contributed by atoms with E-state index in [4.69, 9.17) is 10.5 Å². The van der Waals surface area contributed by atoms with Gasteiger partial charge in [0.15, 0.2) is 0 Å². The van der Waals surface area contributed by atoms with E-state index in [1.807, 2.05) is 13.0 Å². The largest absolute Gasteiger partial charge is 0.494 e. The average molecular weight is 288 g/mol. The third-order valence-electron chi connectivity index (χ3n) is 5.33. The number of rotatable bonds is 3. The Bertz CT molecular complexity index is 470. The average Bonchev–Trinajstić information content (AvgIpc) is 2.48. The van der Waals surface area contributed by atoms with Crippen LogP contribution in [0.1, 0.15) is 51.9 Å².